The first kappa shape index (κ1) is 10.8. The average Bonchev–Trinajstić information content (AvgIpc) is 2.69. The van der Waals surface area contributed by atoms with Gasteiger partial charge in [-0.25, -0.2) is 0 Å². The van der Waals surface area contributed by atoms with Crippen LogP contribution in [0.2, 0.25) is 0 Å². The summed E-state index contributed by atoms with van der Waals surface area (Å²) in [6.07, 6.45) is -4.24. The maximum Gasteiger partial charge on any atom is 0.416 e. The number of rotatable bonds is 1. The van der Waals surface area contributed by atoms with Crippen LogP contribution in [0.15, 0.2) is 24.3 Å². The largest absolute Gasteiger partial charge is 0.416 e. The molecule has 0 bridgehead atoms. The van der Waals surface area contributed by atoms with Gasteiger partial charge in [0.2, 0.25) is 0 Å². The van der Waals surface area contributed by atoms with Crippen LogP contribution < -0.4 is 5.32 Å². The van der Waals surface area contributed by atoms with Gasteiger partial charge in [-0.1, -0.05) is 12.1 Å². The Morgan fingerprint density at radius 1 is 1.20 bits per heavy atom. The van der Waals surface area contributed by atoms with Crippen molar-refractivity contribution in [3.63, 3.8) is 0 Å². The van der Waals surface area contributed by atoms with E-state index in [9.17, 15) is 13.2 Å². The van der Waals surface area contributed by atoms with Gasteiger partial charge in [0.25, 0.3) is 0 Å². The monoisotopic (exact) mass is 233 g/mol. The molecule has 1 fully saturated rings. The SMILES string of the molecule is FC(F)(F)c1ccc(C2NCCS2)cc1. The Labute approximate surface area is 90.1 Å². The average molecular weight is 233 g/mol. The van der Waals surface area contributed by atoms with Crippen molar-refractivity contribution in [1.82, 2.24) is 5.32 Å². The lowest BCUT2D eigenvalue weighted by Crippen LogP contribution is -2.12. The first-order chi connectivity index (χ1) is 7.07. The fraction of sp³-hybridized carbons (Fsp3) is 0.400. The highest BCUT2D eigenvalue weighted by molar-refractivity contribution is 7.99. The lowest BCUT2D eigenvalue weighted by molar-refractivity contribution is -0.137. The number of halogens is 3. The van der Waals surface area contributed by atoms with Crippen LogP contribution in [0.25, 0.3) is 0 Å². The lowest BCUT2D eigenvalue weighted by atomic mass is 10.1. The van der Waals surface area contributed by atoms with Crippen molar-refractivity contribution in [3.05, 3.63) is 35.4 Å². The molecule has 1 N–H and O–H groups in total. The van der Waals surface area contributed by atoms with E-state index in [1.165, 1.54) is 0 Å². The second-order valence-corrected chi connectivity index (χ2v) is 4.54. The van der Waals surface area contributed by atoms with Crippen LogP contribution in [0.3, 0.4) is 0 Å². The quantitative estimate of drug-likeness (QED) is 0.800. The highest BCUT2D eigenvalue weighted by atomic mass is 32.2. The molecule has 1 heterocycles. The highest BCUT2D eigenvalue weighted by Crippen LogP contribution is 2.33. The van der Waals surface area contributed by atoms with Crippen LogP contribution >= 0.6 is 11.8 Å². The van der Waals surface area contributed by atoms with Crippen molar-refractivity contribution >= 4 is 11.8 Å². The van der Waals surface area contributed by atoms with Crippen molar-refractivity contribution in [2.75, 3.05) is 12.3 Å². The van der Waals surface area contributed by atoms with Crippen LogP contribution in [0.5, 0.6) is 0 Å². The Bertz CT molecular complexity index is 328. The van der Waals surface area contributed by atoms with Crippen LogP contribution in [-0.4, -0.2) is 12.3 Å². The second kappa shape index (κ2) is 4.06. The Hall–Kier alpha value is -0.680. The molecule has 2 rings (SSSR count). The number of thioether (sulfide) groups is 1. The van der Waals surface area contributed by atoms with E-state index >= 15 is 0 Å². The molecule has 1 unspecified atom stereocenters. The summed E-state index contributed by atoms with van der Waals surface area (Å²) >= 11 is 1.72. The summed E-state index contributed by atoms with van der Waals surface area (Å²) in [4.78, 5) is 0. The highest BCUT2D eigenvalue weighted by Gasteiger charge is 2.30. The summed E-state index contributed by atoms with van der Waals surface area (Å²) < 4.78 is 36.8. The van der Waals surface area contributed by atoms with Crippen LogP contribution in [-0.2, 0) is 6.18 Å². The molecule has 1 nitrogen and oxygen atoms in total. The minimum absolute atomic E-state index is 0.146. The number of benzene rings is 1. The minimum Gasteiger partial charge on any atom is -0.301 e. The second-order valence-electron chi connectivity index (χ2n) is 3.32. The van der Waals surface area contributed by atoms with Crippen molar-refractivity contribution in [2.24, 2.45) is 0 Å². The Morgan fingerprint density at radius 2 is 1.87 bits per heavy atom. The molecule has 5 heteroatoms. The van der Waals surface area contributed by atoms with E-state index in [-0.39, 0.29) is 5.37 Å². The van der Waals surface area contributed by atoms with Gasteiger partial charge < -0.3 is 5.32 Å². The molecule has 1 aliphatic heterocycles. The third-order valence-electron chi connectivity index (χ3n) is 2.26. The molecule has 0 saturated carbocycles. The zero-order valence-electron chi connectivity index (χ0n) is 7.84. The van der Waals surface area contributed by atoms with Gasteiger partial charge in [0.05, 0.1) is 10.9 Å². The Morgan fingerprint density at radius 3 is 2.33 bits per heavy atom. The molecule has 1 aromatic carbocycles. The Balaban J connectivity index is 2.16. The van der Waals surface area contributed by atoms with Crippen molar-refractivity contribution in [3.8, 4) is 0 Å². The molecule has 0 spiro atoms. The summed E-state index contributed by atoms with van der Waals surface area (Å²) in [7, 11) is 0. The Kier molecular flexibility index (Phi) is 2.93. The van der Waals surface area contributed by atoms with Gasteiger partial charge in [0.15, 0.2) is 0 Å². The zero-order chi connectivity index (χ0) is 10.9. The van der Waals surface area contributed by atoms with E-state index in [1.54, 1.807) is 23.9 Å². The van der Waals surface area contributed by atoms with Gasteiger partial charge in [0.1, 0.15) is 0 Å². The summed E-state index contributed by atoms with van der Waals surface area (Å²) in [5.41, 5.74) is 0.319. The third-order valence-corrected chi connectivity index (χ3v) is 3.47. The third kappa shape index (κ3) is 2.46. The van der Waals surface area contributed by atoms with Crippen LogP contribution in [0, 0.1) is 0 Å². The first-order valence-corrected chi connectivity index (χ1v) is 5.64. The summed E-state index contributed by atoms with van der Waals surface area (Å²) in [6.45, 7) is 0.913. The van der Waals surface area contributed by atoms with E-state index in [0.717, 1.165) is 30.0 Å². The zero-order valence-corrected chi connectivity index (χ0v) is 8.66. The number of hydrogen-bond donors (Lipinski definition) is 1. The fourth-order valence-corrected chi connectivity index (χ4v) is 2.54. The molecule has 0 radical (unpaired) electrons. The fourth-order valence-electron chi connectivity index (χ4n) is 1.49. The van der Waals surface area contributed by atoms with Gasteiger partial charge >= 0.3 is 6.18 Å². The molecule has 1 atom stereocenters. The van der Waals surface area contributed by atoms with E-state index in [1.807, 2.05) is 0 Å². The molecule has 0 aromatic heterocycles. The number of hydrogen-bond acceptors (Lipinski definition) is 2. The first-order valence-electron chi connectivity index (χ1n) is 4.59. The summed E-state index contributed by atoms with van der Waals surface area (Å²) in [6, 6.07) is 5.35. The van der Waals surface area contributed by atoms with E-state index < -0.39 is 11.7 Å². The molecule has 1 aliphatic rings. The molecule has 1 aromatic rings. The predicted molar refractivity (Wildman–Crippen MR) is 54.6 cm³/mol. The van der Waals surface area contributed by atoms with Gasteiger partial charge in [0, 0.05) is 12.3 Å². The van der Waals surface area contributed by atoms with Crippen molar-refractivity contribution < 1.29 is 13.2 Å². The smallest absolute Gasteiger partial charge is 0.301 e. The normalized spacial score (nSPS) is 21.9. The van der Waals surface area contributed by atoms with Crippen LogP contribution in [0.4, 0.5) is 13.2 Å². The summed E-state index contributed by atoms with van der Waals surface area (Å²) in [5.74, 6) is 1.01. The minimum atomic E-state index is -4.24. The van der Waals surface area contributed by atoms with Gasteiger partial charge in [-0.2, -0.15) is 13.2 Å². The van der Waals surface area contributed by atoms with Gasteiger partial charge in [-0.05, 0) is 17.7 Å². The molecule has 0 amide bonds. The standard InChI is InChI=1S/C10H10F3NS/c11-10(12,13)8-3-1-7(2-4-8)9-14-5-6-15-9/h1-4,9,14H,5-6H2. The van der Waals surface area contributed by atoms with E-state index in [0.29, 0.717) is 0 Å². The van der Waals surface area contributed by atoms with Crippen molar-refractivity contribution in [1.29, 1.82) is 0 Å². The molecule has 0 aliphatic carbocycles. The van der Waals surface area contributed by atoms with E-state index in [2.05, 4.69) is 5.32 Å². The van der Waals surface area contributed by atoms with Gasteiger partial charge in [-0.15, -0.1) is 11.8 Å². The molecular formula is C10H10F3NS. The predicted octanol–water partition coefficient (Wildman–Crippen LogP) is 3.04. The van der Waals surface area contributed by atoms with E-state index in [4.69, 9.17) is 0 Å². The van der Waals surface area contributed by atoms with Crippen LogP contribution in [0.1, 0.15) is 16.5 Å². The molecule has 15 heavy (non-hydrogen) atoms. The van der Waals surface area contributed by atoms with Gasteiger partial charge in [-0.3, -0.25) is 0 Å². The van der Waals surface area contributed by atoms with Crippen molar-refractivity contribution in [2.45, 2.75) is 11.6 Å². The molecular weight excluding hydrogens is 223 g/mol. The maximum absolute atomic E-state index is 12.3. The molecule has 1 saturated heterocycles. The molecule has 82 valence electrons. The topological polar surface area (TPSA) is 12.0 Å². The maximum atomic E-state index is 12.3. The number of nitrogens with one attached hydrogen (secondary N) is 1. The lowest BCUT2D eigenvalue weighted by Gasteiger charge is -2.11. The summed E-state index contributed by atoms with van der Waals surface area (Å²) in [5, 5.41) is 3.36. The number of alkyl halides is 3.